The lowest BCUT2D eigenvalue weighted by atomic mass is 10.0. The largest absolute Gasteiger partial charge is 0.476 e. The Kier molecular flexibility index (Phi) is 2.68. The predicted octanol–water partition coefficient (Wildman–Crippen LogP) is 3.00. The molecule has 4 heteroatoms. The van der Waals surface area contributed by atoms with Gasteiger partial charge >= 0.3 is 5.97 Å². The average Bonchev–Trinajstić information content (AvgIpc) is 2.46. The molecule has 0 amide bonds. The predicted molar refractivity (Wildman–Crippen MR) is 71.9 cm³/mol. The Morgan fingerprint density at radius 2 is 1.79 bits per heavy atom. The highest BCUT2D eigenvalue weighted by molar-refractivity contribution is 5.95. The van der Waals surface area contributed by atoms with Crippen LogP contribution in [0.5, 0.6) is 0 Å². The van der Waals surface area contributed by atoms with Crippen LogP contribution >= 0.6 is 0 Å². The summed E-state index contributed by atoms with van der Waals surface area (Å²) in [5.74, 6) is -1.03. The molecule has 0 radical (unpaired) electrons. The Bertz CT molecular complexity index is 769. The number of carbonyl (C=O) groups is 1. The quantitative estimate of drug-likeness (QED) is 0.759. The maximum Gasteiger partial charge on any atom is 0.355 e. The van der Waals surface area contributed by atoms with Crippen molar-refractivity contribution < 1.29 is 9.90 Å². The molecular weight excluding hydrogens is 240 g/mol. The Morgan fingerprint density at radius 3 is 2.63 bits per heavy atom. The first-order chi connectivity index (χ1) is 9.25. The van der Waals surface area contributed by atoms with Gasteiger partial charge in [-0.1, -0.05) is 24.3 Å². The molecule has 2 heterocycles. The minimum Gasteiger partial charge on any atom is -0.476 e. The van der Waals surface area contributed by atoms with Gasteiger partial charge in [-0.05, 0) is 23.8 Å². The van der Waals surface area contributed by atoms with E-state index in [-0.39, 0.29) is 5.69 Å². The van der Waals surface area contributed by atoms with Crippen molar-refractivity contribution >= 4 is 16.9 Å². The van der Waals surface area contributed by atoms with Crippen molar-refractivity contribution in [3.05, 3.63) is 60.6 Å². The van der Waals surface area contributed by atoms with E-state index in [9.17, 15) is 4.79 Å². The van der Waals surface area contributed by atoms with Gasteiger partial charge in [0.25, 0.3) is 0 Å². The average molecular weight is 250 g/mol. The fourth-order valence-corrected chi connectivity index (χ4v) is 2.04. The Morgan fingerprint density at radius 1 is 1.00 bits per heavy atom. The molecule has 1 aromatic carbocycles. The van der Waals surface area contributed by atoms with E-state index in [1.165, 1.54) is 6.20 Å². The van der Waals surface area contributed by atoms with E-state index < -0.39 is 5.97 Å². The SMILES string of the molecule is O=C(O)c1ncccc1-c1ccc2cccnc2c1. The molecule has 2 aromatic heterocycles. The zero-order valence-corrected chi connectivity index (χ0v) is 9.95. The van der Waals surface area contributed by atoms with Gasteiger partial charge in [-0.25, -0.2) is 9.78 Å². The van der Waals surface area contributed by atoms with Crippen LogP contribution in [-0.4, -0.2) is 21.0 Å². The number of fused-ring (bicyclic) bond motifs is 1. The van der Waals surface area contributed by atoms with Crippen molar-refractivity contribution in [2.45, 2.75) is 0 Å². The molecule has 19 heavy (non-hydrogen) atoms. The fraction of sp³-hybridized carbons (Fsp3) is 0. The lowest BCUT2D eigenvalue weighted by Crippen LogP contribution is -2.02. The smallest absolute Gasteiger partial charge is 0.355 e. The highest BCUT2D eigenvalue weighted by Gasteiger charge is 2.12. The summed E-state index contributed by atoms with van der Waals surface area (Å²) in [6.45, 7) is 0. The van der Waals surface area contributed by atoms with E-state index >= 15 is 0 Å². The molecule has 0 aliphatic heterocycles. The summed E-state index contributed by atoms with van der Waals surface area (Å²) >= 11 is 0. The molecule has 0 saturated heterocycles. The third-order valence-corrected chi connectivity index (χ3v) is 2.93. The first-order valence-electron chi connectivity index (χ1n) is 5.79. The standard InChI is InChI=1S/C15H10N2O2/c18-15(19)14-12(4-2-8-17-14)11-6-5-10-3-1-7-16-13(10)9-11/h1-9H,(H,18,19). The van der Waals surface area contributed by atoms with Gasteiger partial charge in [0.1, 0.15) is 0 Å². The first kappa shape index (κ1) is 11.3. The van der Waals surface area contributed by atoms with Crippen LogP contribution in [0.4, 0.5) is 0 Å². The summed E-state index contributed by atoms with van der Waals surface area (Å²) < 4.78 is 0. The maximum absolute atomic E-state index is 11.2. The van der Waals surface area contributed by atoms with Crippen molar-refractivity contribution in [1.29, 1.82) is 0 Å². The van der Waals surface area contributed by atoms with Crippen molar-refractivity contribution in [3.8, 4) is 11.1 Å². The van der Waals surface area contributed by atoms with Gasteiger partial charge in [0.05, 0.1) is 5.52 Å². The van der Waals surface area contributed by atoms with E-state index in [1.54, 1.807) is 18.3 Å². The zero-order valence-electron chi connectivity index (χ0n) is 9.95. The molecule has 0 saturated carbocycles. The summed E-state index contributed by atoms with van der Waals surface area (Å²) in [7, 11) is 0. The highest BCUT2D eigenvalue weighted by Crippen LogP contribution is 2.25. The third-order valence-electron chi connectivity index (χ3n) is 2.93. The fourth-order valence-electron chi connectivity index (χ4n) is 2.04. The summed E-state index contributed by atoms with van der Waals surface area (Å²) in [6, 6.07) is 13.0. The second-order valence-corrected chi connectivity index (χ2v) is 4.12. The van der Waals surface area contributed by atoms with Crippen molar-refractivity contribution in [2.75, 3.05) is 0 Å². The lowest BCUT2D eigenvalue weighted by Gasteiger charge is -2.06. The summed E-state index contributed by atoms with van der Waals surface area (Å²) in [6.07, 6.45) is 3.19. The molecule has 0 spiro atoms. The molecule has 3 rings (SSSR count). The molecule has 0 unspecified atom stereocenters. The monoisotopic (exact) mass is 250 g/mol. The first-order valence-corrected chi connectivity index (χ1v) is 5.79. The van der Waals surface area contributed by atoms with E-state index in [1.807, 2.05) is 30.3 Å². The van der Waals surface area contributed by atoms with E-state index in [2.05, 4.69) is 9.97 Å². The van der Waals surface area contributed by atoms with Crippen LogP contribution in [0.3, 0.4) is 0 Å². The van der Waals surface area contributed by atoms with Crippen LogP contribution < -0.4 is 0 Å². The number of hydrogen-bond donors (Lipinski definition) is 1. The summed E-state index contributed by atoms with van der Waals surface area (Å²) in [5.41, 5.74) is 2.29. The molecule has 0 bridgehead atoms. The number of carboxylic acid groups (broad SMARTS) is 1. The van der Waals surface area contributed by atoms with Crippen molar-refractivity contribution in [1.82, 2.24) is 9.97 Å². The molecule has 0 fully saturated rings. The van der Waals surface area contributed by atoms with Crippen LogP contribution in [0, 0.1) is 0 Å². The van der Waals surface area contributed by atoms with Gasteiger partial charge in [0, 0.05) is 23.3 Å². The minimum atomic E-state index is -1.03. The van der Waals surface area contributed by atoms with Crippen LogP contribution in [0.2, 0.25) is 0 Å². The zero-order chi connectivity index (χ0) is 13.2. The molecule has 4 nitrogen and oxygen atoms in total. The molecule has 0 aliphatic rings. The van der Waals surface area contributed by atoms with Crippen LogP contribution in [0.15, 0.2) is 54.9 Å². The Hall–Kier alpha value is -2.75. The molecule has 0 atom stereocenters. The highest BCUT2D eigenvalue weighted by atomic mass is 16.4. The lowest BCUT2D eigenvalue weighted by molar-refractivity contribution is 0.0691. The van der Waals surface area contributed by atoms with Gasteiger partial charge in [0.15, 0.2) is 5.69 Å². The van der Waals surface area contributed by atoms with E-state index in [0.717, 1.165) is 16.5 Å². The van der Waals surface area contributed by atoms with Crippen LogP contribution in [-0.2, 0) is 0 Å². The Labute approximate surface area is 109 Å². The molecule has 3 aromatic rings. The number of hydrogen-bond acceptors (Lipinski definition) is 3. The summed E-state index contributed by atoms with van der Waals surface area (Å²) in [4.78, 5) is 19.4. The molecule has 1 N–H and O–H groups in total. The second kappa shape index (κ2) is 4.49. The van der Waals surface area contributed by atoms with E-state index in [4.69, 9.17) is 5.11 Å². The number of carboxylic acids is 1. The number of aromatic nitrogens is 2. The van der Waals surface area contributed by atoms with Crippen molar-refractivity contribution in [3.63, 3.8) is 0 Å². The van der Waals surface area contributed by atoms with Gasteiger partial charge in [-0.2, -0.15) is 0 Å². The number of aromatic carboxylic acids is 1. The second-order valence-electron chi connectivity index (χ2n) is 4.12. The molecular formula is C15H10N2O2. The normalized spacial score (nSPS) is 10.5. The number of nitrogens with zero attached hydrogens (tertiary/aromatic N) is 2. The minimum absolute atomic E-state index is 0.0535. The van der Waals surface area contributed by atoms with Gasteiger partial charge in [-0.3, -0.25) is 4.98 Å². The summed E-state index contributed by atoms with van der Waals surface area (Å²) in [5, 5.41) is 10.2. The number of benzene rings is 1. The van der Waals surface area contributed by atoms with Gasteiger partial charge in [-0.15, -0.1) is 0 Å². The topological polar surface area (TPSA) is 63.1 Å². The number of rotatable bonds is 2. The number of pyridine rings is 2. The van der Waals surface area contributed by atoms with Gasteiger partial charge < -0.3 is 5.11 Å². The molecule has 0 aliphatic carbocycles. The molecule has 92 valence electrons. The third kappa shape index (κ3) is 2.04. The maximum atomic E-state index is 11.2. The Balaban J connectivity index is 2.22. The van der Waals surface area contributed by atoms with Gasteiger partial charge in [0.2, 0.25) is 0 Å². The van der Waals surface area contributed by atoms with E-state index in [0.29, 0.717) is 5.56 Å². The van der Waals surface area contributed by atoms with Crippen molar-refractivity contribution in [2.24, 2.45) is 0 Å². The van der Waals surface area contributed by atoms with Crippen LogP contribution in [0.1, 0.15) is 10.5 Å². The van der Waals surface area contributed by atoms with Crippen LogP contribution in [0.25, 0.3) is 22.0 Å².